The van der Waals surface area contributed by atoms with Crippen LogP contribution in [0.3, 0.4) is 0 Å². The van der Waals surface area contributed by atoms with E-state index in [1.54, 1.807) is 0 Å². The molecule has 0 aromatic rings. The zero-order valence-electron chi connectivity index (χ0n) is 15.0. The number of nitrogens with one attached hydrogen (secondary N) is 2. The molecule has 152 valence electrons. The molecule has 14 nitrogen and oxygen atoms in total. The van der Waals surface area contributed by atoms with E-state index in [-0.39, 0.29) is 9.94 Å². The molecule has 0 atom stereocenters. The highest BCUT2D eigenvalue weighted by Gasteiger charge is 2.14. The van der Waals surface area contributed by atoms with Crippen molar-refractivity contribution >= 4 is 0 Å². The van der Waals surface area contributed by atoms with Crippen molar-refractivity contribution in [2.24, 2.45) is 10.6 Å². The lowest BCUT2D eigenvalue weighted by molar-refractivity contribution is -0.787. The molecule has 3 fully saturated rings. The molecule has 3 aliphatic rings. The van der Waals surface area contributed by atoms with Crippen molar-refractivity contribution < 1.29 is 20.6 Å². The standard InChI is InChI=1S/2C4H10N4O2.C4H10N2/c2*9-6-8(10)7-3-1-5-2-4-7;1-2-6-4-3-5-1/h2*5,9H,1-4H2;5-6H,1-4H2/b2*8-6-;. The third kappa shape index (κ3) is 9.36. The Bertz CT molecular complexity index is 365. The van der Waals surface area contributed by atoms with Gasteiger partial charge in [-0.25, -0.2) is 0 Å². The van der Waals surface area contributed by atoms with E-state index in [1.807, 2.05) is 0 Å². The maximum absolute atomic E-state index is 10.5. The van der Waals surface area contributed by atoms with E-state index in [4.69, 9.17) is 0 Å². The number of rotatable bonds is 2. The third-order valence-electron chi connectivity index (χ3n) is 3.96. The molecule has 3 aliphatic heterocycles. The predicted octanol–water partition coefficient (Wildman–Crippen LogP) is -4.34. The number of nitrogens with zero attached hydrogens (tertiary/aromatic N) is 6. The van der Waals surface area contributed by atoms with Crippen LogP contribution in [0.1, 0.15) is 0 Å². The second-order valence-electron chi connectivity index (χ2n) is 5.81. The third-order valence-corrected chi connectivity index (χ3v) is 3.96. The van der Waals surface area contributed by atoms with Gasteiger partial charge in [-0.1, -0.05) is 0 Å². The topological polar surface area (TPSA) is 187 Å². The molecule has 14 heteroatoms. The predicted molar refractivity (Wildman–Crippen MR) is 91.0 cm³/mol. The molecular weight excluding hydrogens is 348 g/mol. The first kappa shape index (κ1) is 21.9. The number of quaternary nitrogens is 2. The van der Waals surface area contributed by atoms with E-state index in [0.717, 1.165) is 26.2 Å². The summed E-state index contributed by atoms with van der Waals surface area (Å²) in [6.07, 6.45) is 0. The maximum Gasteiger partial charge on any atom is 0.125 e. The lowest BCUT2D eigenvalue weighted by atomic mass is 10.4. The molecule has 0 amide bonds. The molecule has 0 saturated carbocycles. The fraction of sp³-hybridized carbons (Fsp3) is 1.00. The van der Waals surface area contributed by atoms with Gasteiger partial charge in [-0.2, -0.15) is 0 Å². The van der Waals surface area contributed by atoms with Crippen molar-refractivity contribution in [1.29, 1.82) is 0 Å². The zero-order chi connectivity index (χ0) is 19.0. The van der Waals surface area contributed by atoms with E-state index in [0.29, 0.717) is 26.2 Å². The Morgan fingerprint density at radius 2 is 0.962 bits per heavy atom. The van der Waals surface area contributed by atoms with Crippen LogP contribution in [-0.2, 0) is 0 Å². The Balaban J connectivity index is 0.000000201. The van der Waals surface area contributed by atoms with Crippen molar-refractivity contribution in [3.8, 4) is 0 Å². The summed E-state index contributed by atoms with van der Waals surface area (Å²) in [6.45, 7) is 10.4. The Morgan fingerprint density at radius 3 is 1.19 bits per heavy atom. The van der Waals surface area contributed by atoms with Crippen LogP contribution in [0.25, 0.3) is 0 Å². The van der Waals surface area contributed by atoms with Crippen LogP contribution < -0.4 is 21.3 Å². The van der Waals surface area contributed by atoms with Crippen molar-refractivity contribution in [1.82, 2.24) is 20.7 Å². The number of nitrogens with two attached hydrogens (primary N) is 2. The van der Waals surface area contributed by atoms with Gasteiger partial charge in [-0.05, 0) is 10.6 Å². The Hall–Kier alpha value is -2.16. The van der Waals surface area contributed by atoms with E-state index in [2.05, 4.69) is 31.8 Å². The average molecular weight is 378 g/mol. The first-order chi connectivity index (χ1) is 12.7. The fourth-order valence-corrected chi connectivity index (χ4v) is 2.51. The zero-order valence-corrected chi connectivity index (χ0v) is 15.0. The lowest BCUT2D eigenvalue weighted by Crippen LogP contribution is -3.04. The van der Waals surface area contributed by atoms with Gasteiger partial charge in [-0.15, -0.1) is 10.0 Å². The largest absolute Gasteiger partial charge is 0.737 e. The van der Waals surface area contributed by atoms with Crippen molar-refractivity contribution in [3.05, 3.63) is 20.8 Å². The van der Waals surface area contributed by atoms with Gasteiger partial charge in [0.1, 0.15) is 26.2 Å². The summed E-state index contributed by atoms with van der Waals surface area (Å²) >= 11 is 0. The molecule has 0 aromatic carbocycles. The van der Waals surface area contributed by atoms with E-state index in [9.17, 15) is 20.8 Å². The number of hydrogen-bond acceptors (Lipinski definition) is 8. The smallest absolute Gasteiger partial charge is 0.125 e. The van der Waals surface area contributed by atoms with Gasteiger partial charge in [0.15, 0.2) is 0 Å². The SMILES string of the molecule is C1C[NH2+]CC[NH2+]1.[O-]/N=[N+](\[O-])N1CCNCC1.[O-]/N=[N+](\[O-])N1CCNCC1. The first-order valence-electron chi connectivity index (χ1n) is 8.84. The van der Waals surface area contributed by atoms with Crippen LogP contribution in [0.15, 0.2) is 10.6 Å². The fourth-order valence-electron chi connectivity index (χ4n) is 2.51. The lowest BCUT2D eigenvalue weighted by Gasteiger charge is -2.23. The molecule has 0 aromatic heterocycles. The van der Waals surface area contributed by atoms with Gasteiger partial charge < -0.3 is 42.1 Å². The van der Waals surface area contributed by atoms with Crippen molar-refractivity contribution in [2.45, 2.75) is 0 Å². The maximum atomic E-state index is 10.5. The second kappa shape index (κ2) is 14.1. The van der Waals surface area contributed by atoms with Crippen molar-refractivity contribution in [3.63, 3.8) is 0 Å². The van der Waals surface area contributed by atoms with Crippen LogP contribution in [0, 0.1) is 20.8 Å². The molecular formula is C12H30N10O4. The van der Waals surface area contributed by atoms with Crippen LogP contribution in [0.5, 0.6) is 0 Å². The summed E-state index contributed by atoms with van der Waals surface area (Å²) in [4.78, 5) is 0.196. The first-order valence-corrected chi connectivity index (χ1v) is 8.84. The Morgan fingerprint density at radius 1 is 0.654 bits per heavy atom. The summed E-state index contributed by atoms with van der Waals surface area (Å²) in [5.74, 6) is 0. The van der Waals surface area contributed by atoms with Crippen LogP contribution in [0.4, 0.5) is 0 Å². The molecule has 6 N–H and O–H groups in total. The molecule has 3 rings (SSSR count). The quantitative estimate of drug-likeness (QED) is 0.211. The van der Waals surface area contributed by atoms with Gasteiger partial charge >= 0.3 is 0 Å². The average Bonchev–Trinajstić information content (AvgIpc) is 2.76. The number of hydrazine groups is 2. The molecule has 0 radical (unpaired) electrons. The van der Waals surface area contributed by atoms with E-state index in [1.165, 1.54) is 36.2 Å². The summed E-state index contributed by atoms with van der Waals surface area (Å²) in [5, 5.41) is 58.4. The molecule has 26 heavy (non-hydrogen) atoms. The summed E-state index contributed by atoms with van der Waals surface area (Å²) in [5.41, 5.74) is 0. The van der Waals surface area contributed by atoms with Crippen molar-refractivity contribution in [2.75, 3.05) is 78.5 Å². The second-order valence-corrected chi connectivity index (χ2v) is 5.81. The van der Waals surface area contributed by atoms with Gasteiger partial charge in [0, 0.05) is 36.1 Å². The summed E-state index contributed by atoms with van der Waals surface area (Å²) < 4.78 is 0. The molecule has 0 spiro atoms. The van der Waals surface area contributed by atoms with E-state index >= 15 is 0 Å². The normalized spacial score (nSPS) is 21.8. The van der Waals surface area contributed by atoms with Gasteiger partial charge in [0.05, 0.1) is 26.2 Å². The summed E-state index contributed by atoms with van der Waals surface area (Å²) in [6, 6.07) is 0. The molecule has 0 bridgehead atoms. The van der Waals surface area contributed by atoms with Gasteiger partial charge in [-0.3, -0.25) is 0 Å². The molecule has 0 unspecified atom stereocenters. The highest BCUT2D eigenvalue weighted by atomic mass is 16.6. The van der Waals surface area contributed by atoms with Crippen LogP contribution >= 0.6 is 0 Å². The number of piperazine rings is 3. The Kier molecular flexibility index (Phi) is 11.8. The molecule has 0 aliphatic carbocycles. The highest BCUT2D eigenvalue weighted by Crippen LogP contribution is 1.92. The minimum Gasteiger partial charge on any atom is -0.737 e. The minimum absolute atomic E-state index is 0.0981. The van der Waals surface area contributed by atoms with E-state index < -0.39 is 0 Å². The molecule has 3 saturated heterocycles. The Labute approximate surface area is 152 Å². The van der Waals surface area contributed by atoms with Crippen LogP contribution in [0.2, 0.25) is 0 Å². The number of hydrogen-bond donors (Lipinski definition) is 4. The van der Waals surface area contributed by atoms with Crippen LogP contribution in [-0.4, -0.2) is 98.5 Å². The van der Waals surface area contributed by atoms with Gasteiger partial charge in [0.25, 0.3) is 0 Å². The molecule has 3 heterocycles. The summed E-state index contributed by atoms with van der Waals surface area (Å²) in [7, 11) is 0. The highest BCUT2D eigenvalue weighted by molar-refractivity contribution is 4.59. The van der Waals surface area contributed by atoms with Gasteiger partial charge in [0.2, 0.25) is 0 Å². The minimum atomic E-state index is 0.0981. The monoisotopic (exact) mass is 378 g/mol.